The lowest BCUT2D eigenvalue weighted by atomic mass is 9.79. The van der Waals surface area contributed by atoms with E-state index in [9.17, 15) is 5.11 Å². The van der Waals surface area contributed by atoms with E-state index in [2.05, 4.69) is 33.8 Å². The minimum Gasteiger partial charge on any atom is -0.386 e. The van der Waals surface area contributed by atoms with Gasteiger partial charge in [-0.25, -0.2) is 0 Å². The van der Waals surface area contributed by atoms with Crippen molar-refractivity contribution in [3.63, 3.8) is 0 Å². The lowest BCUT2D eigenvalue weighted by Gasteiger charge is -2.32. The molecule has 0 aromatic carbocycles. The van der Waals surface area contributed by atoms with E-state index >= 15 is 0 Å². The van der Waals surface area contributed by atoms with Crippen LogP contribution in [0.4, 0.5) is 0 Å². The van der Waals surface area contributed by atoms with Crippen molar-refractivity contribution in [2.45, 2.75) is 59.0 Å². The van der Waals surface area contributed by atoms with Crippen LogP contribution in [0.25, 0.3) is 0 Å². The largest absolute Gasteiger partial charge is 0.386 e. The van der Waals surface area contributed by atoms with Gasteiger partial charge in [-0.3, -0.25) is 0 Å². The van der Waals surface area contributed by atoms with E-state index in [-0.39, 0.29) is 0 Å². The molecule has 0 aliphatic heterocycles. The van der Waals surface area contributed by atoms with Gasteiger partial charge in [-0.05, 0) is 37.0 Å². The molecular formula is C13H24O. The molecule has 0 aromatic rings. The molecule has 1 rings (SSSR count). The summed E-state index contributed by atoms with van der Waals surface area (Å²) in [4.78, 5) is 0. The SMILES string of the molecule is CC1C=CC(O)(CCC(C)(C)C)CC1. The van der Waals surface area contributed by atoms with Gasteiger partial charge in [0, 0.05) is 0 Å². The maximum atomic E-state index is 10.3. The van der Waals surface area contributed by atoms with E-state index in [1.54, 1.807) is 0 Å². The fourth-order valence-electron chi connectivity index (χ4n) is 1.80. The molecule has 0 amide bonds. The Morgan fingerprint density at radius 3 is 2.50 bits per heavy atom. The van der Waals surface area contributed by atoms with E-state index in [4.69, 9.17) is 0 Å². The van der Waals surface area contributed by atoms with E-state index in [0.717, 1.165) is 25.7 Å². The number of allylic oxidation sites excluding steroid dienone is 1. The Kier molecular flexibility index (Phi) is 3.41. The Balaban J connectivity index is 2.47. The highest BCUT2D eigenvalue weighted by Gasteiger charge is 2.28. The number of hydrogen-bond acceptors (Lipinski definition) is 1. The van der Waals surface area contributed by atoms with Crippen LogP contribution in [0.1, 0.15) is 53.4 Å². The highest BCUT2D eigenvalue weighted by atomic mass is 16.3. The zero-order valence-corrected chi connectivity index (χ0v) is 10.0. The molecule has 0 bridgehead atoms. The van der Waals surface area contributed by atoms with Gasteiger partial charge in [0.15, 0.2) is 0 Å². The van der Waals surface area contributed by atoms with Crippen molar-refractivity contribution in [3.05, 3.63) is 12.2 Å². The fourth-order valence-corrected chi connectivity index (χ4v) is 1.80. The van der Waals surface area contributed by atoms with Crippen LogP contribution in [0.2, 0.25) is 0 Å². The van der Waals surface area contributed by atoms with E-state index in [1.807, 2.05) is 6.08 Å². The van der Waals surface area contributed by atoms with Crippen molar-refractivity contribution >= 4 is 0 Å². The molecule has 1 heteroatoms. The quantitative estimate of drug-likeness (QED) is 0.670. The molecule has 0 radical (unpaired) electrons. The van der Waals surface area contributed by atoms with Crippen molar-refractivity contribution < 1.29 is 5.11 Å². The molecule has 0 fully saturated rings. The van der Waals surface area contributed by atoms with Crippen LogP contribution in [0.15, 0.2) is 12.2 Å². The van der Waals surface area contributed by atoms with Crippen LogP contribution in [-0.2, 0) is 0 Å². The summed E-state index contributed by atoms with van der Waals surface area (Å²) in [6.07, 6.45) is 8.22. The zero-order valence-electron chi connectivity index (χ0n) is 10.0. The first-order valence-electron chi connectivity index (χ1n) is 5.73. The minimum absolute atomic E-state index is 0.326. The molecular weight excluding hydrogens is 172 g/mol. The van der Waals surface area contributed by atoms with Gasteiger partial charge in [0.05, 0.1) is 5.60 Å². The van der Waals surface area contributed by atoms with Crippen LogP contribution < -0.4 is 0 Å². The second-order valence-corrected chi connectivity index (χ2v) is 6.04. The summed E-state index contributed by atoms with van der Waals surface area (Å²) in [6, 6.07) is 0. The van der Waals surface area contributed by atoms with Gasteiger partial charge in [0.25, 0.3) is 0 Å². The summed E-state index contributed by atoms with van der Waals surface area (Å²) in [5.74, 6) is 0.643. The summed E-state index contributed by atoms with van der Waals surface area (Å²) >= 11 is 0. The normalized spacial score (nSPS) is 33.4. The van der Waals surface area contributed by atoms with Crippen LogP contribution in [-0.4, -0.2) is 10.7 Å². The Labute approximate surface area is 88.2 Å². The predicted molar refractivity (Wildman–Crippen MR) is 61.2 cm³/mol. The summed E-state index contributed by atoms with van der Waals surface area (Å²) in [5.41, 5.74) is -0.188. The summed E-state index contributed by atoms with van der Waals surface area (Å²) in [7, 11) is 0. The van der Waals surface area contributed by atoms with E-state index in [1.165, 1.54) is 0 Å². The molecule has 14 heavy (non-hydrogen) atoms. The van der Waals surface area contributed by atoms with Gasteiger partial charge in [-0.2, -0.15) is 0 Å². The Hall–Kier alpha value is -0.300. The molecule has 0 saturated carbocycles. The van der Waals surface area contributed by atoms with Crippen LogP contribution >= 0.6 is 0 Å². The third-order valence-corrected chi connectivity index (χ3v) is 3.08. The van der Waals surface area contributed by atoms with Crippen molar-refractivity contribution in [2.24, 2.45) is 11.3 Å². The maximum Gasteiger partial charge on any atom is 0.0828 e. The first-order chi connectivity index (χ1) is 6.31. The number of rotatable bonds is 2. The molecule has 2 unspecified atom stereocenters. The molecule has 0 heterocycles. The Morgan fingerprint density at radius 1 is 1.43 bits per heavy atom. The molecule has 82 valence electrons. The summed E-state index contributed by atoms with van der Waals surface area (Å²) in [5, 5.41) is 10.3. The van der Waals surface area contributed by atoms with Gasteiger partial charge < -0.3 is 5.11 Å². The second kappa shape index (κ2) is 4.06. The summed E-state index contributed by atoms with van der Waals surface area (Å²) < 4.78 is 0. The van der Waals surface area contributed by atoms with Gasteiger partial charge in [0.1, 0.15) is 0 Å². The van der Waals surface area contributed by atoms with Crippen LogP contribution in [0.3, 0.4) is 0 Å². The second-order valence-electron chi connectivity index (χ2n) is 6.04. The molecule has 1 aliphatic rings. The Morgan fingerprint density at radius 2 is 2.07 bits per heavy atom. The number of hydrogen-bond donors (Lipinski definition) is 1. The average Bonchev–Trinajstić information content (AvgIpc) is 2.07. The van der Waals surface area contributed by atoms with Crippen molar-refractivity contribution in [2.75, 3.05) is 0 Å². The molecule has 0 spiro atoms. The standard InChI is InChI=1S/C13H24O/c1-11-5-7-13(14,8-6-11)10-9-12(2,3)4/h5,7,11,14H,6,8-10H2,1-4H3. The zero-order chi connectivity index (χ0) is 10.8. The fraction of sp³-hybridized carbons (Fsp3) is 0.846. The smallest absolute Gasteiger partial charge is 0.0828 e. The number of aliphatic hydroxyl groups is 1. The maximum absolute atomic E-state index is 10.3. The molecule has 0 aromatic heterocycles. The monoisotopic (exact) mass is 196 g/mol. The lowest BCUT2D eigenvalue weighted by molar-refractivity contribution is 0.0492. The average molecular weight is 196 g/mol. The summed E-state index contributed by atoms with van der Waals surface area (Å²) in [6.45, 7) is 8.89. The third-order valence-electron chi connectivity index (χ3n) is 3.08. The third kappa shape index (κ3) is 3.83. The van der Waals surface area contributed by atoms with Crippen molar-refractivity contribution in [1.29, 1.82) is 0 Å². The molecule has 2 atom stereocenters. The van der Waals surface area contributed by atoms with Gasteiger partial charge in [0.2, 0.25) is 0 Å². The van der Waals surface area contributed by atoms with Crippen LogP contribution in [0.5, 0.6) is 0 Å². The molecule has 1 aliphatic carbocycles. The highest BCUT2D eigenvalue weighted by molar-refractivity contribution is 5.07. The van der Waals surface area contributed by atoms with E-state index in [0.29, 0.717) is 11.3 Å². The Bertz CT molecular complexity index is 212. The first kappa shape index (κ1) is 11.8. The lowest BCUT2D eigenvalue weighted by Crippen LogP contribution is -2.30. The van der Waals surface area contributed by atoms with Gasteiger partial charge in [-0.15, -0.1) is 0 Å². The molecule has 1 nitrogen and oxygen atoms in total. The van der Waals surface area contributed by atoms with Crippen molar-refractivity contribution in [3.8, 4) is 0 Å². The molecule has 0 saturated heterocycles. The first-order valence-corrected chi connectivity index (χ1v) is 5.73. The topological polar surface area (TPSA) is 20.2 Å². The predicted octanol–water partition coefficient (Wildman–Crippen LogP) is 3.53. The minimum atomic E-state index is -0.514. The van der Waals surface area contributed by atoms with Crippen LogP contribution in [0, 0.1) is 11.3 Å². The highest BCUT2D eigenvalue weighted by Crippen LogP contribution is 2.33. The van der Waals surface area contributed by atoms with Crippen molar-refractivity contribution in [1.82, 2.24) is 0 Å². The van der Waals surface area contributed by atoms with E-state index < -0.39 is 5.60 Å². The van der Waals surface area contributed by atoms with Gasteiger partial charge >= 0.3 is 0 Å². The molecule has 1 N–H and O–H groups in total. The van der Waals surface area contributed by atoms with Gasteiger partial charge in [-0.1, -0.05) is 39.8 Å².